The highest BCUT2D eigenvalue weighted by atomic mass is 35.5. The lowest BCUT2D eigenvalue weighted by molar-refractivity contribution is 0.102. The number of para-hydroxylation sites is 1. The fourth-order valence-electron chi connectivity index (χ4n) is 3.40. The van der Waals surface area contributed by atoms with Gasteiger partial charge in [0.1, 0.15) is 0 Å². The molecule has 1 aliphatic rings. The maximum absolute atomic E-state index is 12.9. The quantitative estimate of drug-likeness (QED) is 0.631. The Bertz CT molecular complexity index is 957. The van der Waals surface area contributed by atoms with E-state index < -0.39 is 0 Å². The molecule has 2 heterocycles. The number of halogens is 1. The molecule has 0 bridgehead atoms. The first-order valence-corrected chi connectivity index (χ1v) is 10.3. The number of nitrogens with one attached hydrogen (secondary N) is 2. The van der Waals surface area contributed by atoms with Gasteiger partial charge in [-0.2, -0.15) is 0 Å². The van der Waals surface area contributed by atoms with Crippen LogP contribution in [0.4, 0.5) is 5.69 Å². The molecule has 0 radical (unpaired) electrons. The lowest BCUT2D eigenvalue weighted by atomic mass is 10.1. The Labute approximate surface area is 180 Å². The molecule has 4 rings (SSSR count). The van der Waals surface area contributed by atoms with Crippen LogP contribution in [0.15, 0.2) is 64.4 Å². The molecule has 1 saturated heterocycles. The summed E-state index contributed by atoms with van der Waals surface area (Å²) in [5.74, 6) is -0.223. The van der Waals surface area contributed by atoms with E-state index in [-0.39, 0.29) is 18.3 Å². The molecule has 2 aromatic carbocycles. The zero-order valence-electron chi connectivity index (χ0n) is 16.2. The Kier molecular flexibility index (Phi) is 7.30. The second kappa shape index (κ2) is 9.91. The minimum Gasteiger partial charge on any atom is -0.319 e. The SMILES string of the molecule is Cc1c(C(=O)Nc2ccccc2Sc2ccccc2)nnn1C1CCNCC1.Cl. The van der Waals surface area contributed by atoms with Gasteiger partial charge in [-0.15, -0.1) is 17.5 Å². The maximum atomic E-state index is 12.9. The number of carbonyl (C=O) groups excluding carboxylic acids is 1. The van der Waals surface area contributed by atoms with Crippen molar-refractivity contribution in [1.82, 2.24) is 20.3 Å². The highest BCUT2D eigenvalue weighted by Crippen LogP contribution is 2.33. The number of carbonyl (C=O) groups is 1. The lowest BCUT2D eigenvalue weighted by Gasteiger charge is -2.23. The Morgan fingerprint density at radius 2 is 1.79 bits per heavy atom. The third kappa shape index (κ3) is 4.98. The Balaban J connectivity index is 0.00000240. The van der Waals surface area contributed by atoms with Gasteiger partial charge in [-0.3, -0.25) is 4.79 Å². The van der Waals surface area contributed by atoms with E-state index >= 15 is 0 Å². The number of amides is 1. The number of benzene rings is 2. The Hall–Kier alpha value is -2.35. The van der Waals surface area contributed by atoms with Gasteiger partial charge in [0, 0.05) is 9.79 Å². The van der Waals surface area contributed by atoms with Crippen LogP contribution in [-0.4, -0.2) is 34.0 Å². The molecule has 152 valence electrons. The van der Waals surface area contributed by atoms with Gasteiger partial charge in [-0.1, -0.05) is 47.3 Å². The molecule has 0 atom stereocenters. The molecule has 2 N–H and O–H groups in total. The van der Waals surface area contributed by atoms with Crippen LogP contribution in [0.5, 0.6) is 0 Å². The normalized spacial score (nSPS) is 14.2. The summed E-state index contributed by atoms with van der Waals surface area (Å²) in [5, 5.41) is 14.8. The van der Waals surface area contributed by atoms with Crippen LogP contribution in [0, 0.1) is 6.92 Å². The van der Waals surface area contributed by atoms with Crippen molar-refractivity contribution in [2.45, 2.75) is 35.6 Å². The average molecular weight is 430 g/mol. The maximum Gasteiger partial charge on any atom is 0.278 e. The predicted molar refractivity (Wildman–Crippen MR) is 118 cm³/mol. The van der Waals surface area contributed by atoms with E-state index in [1.165, 1.54) is 0 Å². The van der Waals surface area contributed by atoms with Gasteiger partial charge >= 0.3 is 0 Å². The van der Waals surface area contributed by atoms with Crippen LogP contribution in [0.1, 0.15) is 35.1 Å². The molecule has 1 amide bonds. The molecule has 0 spiro atoms. The van der Waals surface area contributed by atoms with E-state index in [0.717, 1.165) is 47.1 Å². The first-order chi connectivity index (χ1) is 13.7. The van der Waals surface area contributed by atoms with Crippen LogP contribution in [0.2, 0.25) is 0 Å². The molecule has 8 heteroatoms. The van der Waals surface area contributed by atoms with Crippen molar-refractivity contribution in [2.24, 2.45) is 0 Å². The van der Waals surface area contributed by atoms with Crippen molar-refractivity contribution in [1.29, 1.82) is 0 Å². The Morgan fingerprint density at radius 3 is 2.55 bits per heavy atom. The summed E-state index contributed by atoms with van der Waals surface area (Å²) in [7, 11) is 0. The molecular weight excluding hydrogens is 406 g/mol. The topological polar surface area (TPSA) is 71.8 Å². The van der Waals surface area contributed by atoms with Crippen molar-refractivity contribution < 1.29 is 4.79 Å². The summed E-state index contributed by atoms with van der Waals surface area (Å²) in [6.45, 7) is 3.85. The number of hydrogen-bond acceptors (Lipinski definition) is 5. The second-order valence-electron chi connectivity index (χ2n) is 6.81. The summed E-state index contributed by atoms with van der Waals surface area (Å²) < 4.78 is 1.90. The average Bonchev–Trinajstić information content (AvgIpc) is 3.12. The van der Waals surface area contributed by atoms with Gasteiger partial charge in [0.2, 0.25) is 0 Å². The molecule has 29 heavy (non-hydrogen) atoms. The molecule has 0 unspecified atom stereocenters. The number of rotatable bonds is 5. The van der Waals surface area contributed by atoms with Gasteiger partial charge in [0.25, 0.3) is 5.91 Å². The number of nitrogens with zero attached hydrogens (tertiary/aromatic N) is 3. The Morgan fingerprint density at radius 1 is 1.10 bits per heavy atom. The monoisotopic (exact) mass is 429 g/mol. The largest absolute Gasteiger partial charge is 0.319 e. The third-order valence-electron chi connectivity index (χ3n) is 4.90. The zero-order valence-corrected chi connectivity index (χ0v) is 17.8. The van der Waals surface area contributed by atoms with E-state index in [9.17, 15) is 4.79 Å². The van der Waals surface area contributed by atoms with Gasteiger partial charge < -0.3 is 10.6 Å². The highest BCUT2D eigenvalue weighted by molar-refractivity contribution is 7.99. The lowest BCUT2D eigenvalue weighted by Crippen LogP contribution is -2.30. The zero-order chi connectivity index (χ0) is 19.3. The summed E-state index contributed by atoms with van der Waals surface area (Å²) in [6, 6.07) is 18.2. The number of anilines is 1. The van der Waals surface area contributed by atoms with Crippen molar-refractivity contribution in [2.75, 3.05) is 18.4 Å². The first kappa shape index (κ1) is 21.4. The number of aromatic nitrogens is 3. The van der Waals surface area contributed by atoms with E-state index in [0.29, 0.717) is 11.7 Å². The van der Waals surface area contributed by atoms with Crippen LogP contribution >= 0.6 is 24.2 Å². The molecule has 6 nitrogen and oxygen atoms in total. The van der Waals surface area contributed by atoms with Gasteiger partial charge in [0.05, 0.1) is 17.4 Å². The van der Waals surface area contributed by atoms with Crippen LogP contribution < -0.4 is 10.6 Å². The van der Waals surface area contributed by atoms with Crippen LogP contribution in [-0.2, 0) is 0 Å². The standard InChI is InChI=1S/C21H23N5OS.ClH/c1-15-20(24-25-26(15)16-11-13-22-14-12-16)21(27)23-18-9-5-6-10-19(18)28-17-7-3-2-4-8-17;/h2-10,16,22H,11-14H2,1H3,(H,23,27);1H. The number of hydrogen-bond donors (Lipinski definition) is 2. The molecule has 1 aromatic heterocycles. The summed E-state index contributed by atoms with van der Waals surface area (Å²) in [5.41, 5.74) is 1.98. The van der Waals surface area contributed by atoms with E-state index in [1.807, 2.05) is 54.1 Å². The van der Waals surface area contributed by atoms with Crippen LogP contribution in [0.25, 0.3) is 0 Å². The van der Waals surface area contributed by atoms with Crippen molar-refractivity contribution >= 4 is 35.8 Å². The van der Waals surface area contributed by atoms with Crippen LogP contribution in [0.3, 0.4) is 0 Å². The fraction of sp³-hybridized carbons (Fsp3) is 0.286. The summed E-state index contributed by atoms with van der Waals surface area (Å²) >= 11 is 1.62. The smallest absolute Gasteiger partial charge is 0.278 e. The van der Waals surface area contributed by atoms with E-state index in [2.05, 4.69) is 33.1 Å². The van der Waals surface area contributed by atoms with Gasteiger partial charge in [-0.05, 0) is 57.1 Å². The van der Waals surface area contributed by atoms with Gasteiger partial charge in [-0.25, -0.2) is 4.68 Å². The molecule has 1 aliphatic heterocycles. The van der Waals surface area contributed by atoms with Gasteiger partial charge in [0.15, 0.2) is 5.69 Å². The first-order valence-electron chi connectivity index (χ1n) is 9.48. The molecule has 0 saturated carbocycles. The molecule has 1 fully saturated rings. The molecular formula is C21H24ClN5OS. The molecule has 3 aromatic rings. The van der Waals surface area contributed by atoms with Crippen molar-refractivity contribution in [3.8, 4) is 0 Å². The van der Waals surface area contributed by atoms with E-state index in [1.54, 1.807) is 11.8 Å². The van der Waals surface area contributed by atoms with E-state index in [4.69, 9.17) is 0 Å². The fourth-order valence-corrected chi connectivity index (χ4v) is 4.33. The molecule has 0 aliphatic carbocycles. The summed E-state index contributed by atoms with van der Waals surface area (Å²) in [6.07, 6.45) is 2.00. The second-order valence-corrected chi connectivity index (χ2v) is 7.93. The third-order valence-corrected chi connectivity index (χ3v) is 5.99. The minimum absolute atomic E-state index is 0. The minimum atomic E-state index is -0.223. The van der Waals surface area contributed by atoms with Crippen molar-refractivity contribution in [3.63, 3.8) is 0 Å². The summed E-state index contributed by atoms with van der Waals surface area (Å²) in [4.78, 5) is 15.0. The number of piperidine rings is 1. The predicted octanol–water partition coefficient (Wildman–Crippen LogP) is 4.34. The van der Waals surface area contributed by atoms with Crippen molar-refractivity contribution in [3.05, 3.63) is 66.0 Å². The highest BCUT2D eigenvalue weighted by Gasteiger charge is 2.23.